The van der Waals surface area contributed by atoms with Gasteiger partial charge in [-0.2, -0.15) is 0 Å². The number of rotatable bonds is 1. The first-order chi connectivity index (χ1) is 49.7. The average molecular weight is 1470 g/mol. The van der Waals surface area contributed by atoms with Crippen LogP contribution in [0.2, 0.25) is 0 Å². The van der Waals surface area contributed by atoms with Crippen LogP contribution in [0.25, 0.3) is 10.4 Å². The molecule has 4 saturated heterocycles. The zero-order valence-corrected chi connectivity index (χ0v) is 68.1. The van der Waals surface area contributed by atoms with E-state index in [1.165, 1.54) is 56.9 Å². The molecule has 0 radical (unpaired) electrons. The molecule has 17 nitrogen and oxygen atoms in total. The van der Waals surface area contributed by atoms with Crippen LogP contribution < -0.4 is 11.5 Å². The molecule has 0 spiro atoms. The summed E-state index contributed by atoms with van der Waals surface area (Å²) in [6, 6.07) is 0.687. The number of ether oxygens (including phenoxy) is 8. The summed E-state index contributed by atoms with van der Waals surface area (Å²) in [6.07, 6.45) is 30.4. The molecule has 36 atom stereocenters. The van der Waals surface area contributed by atoms with Crippen molar-refractivity contribution in [1.29, 1.82) is 0 Å². The lowest BCUT2D eigenvalue weighted by atomic mass is 9.43. The van der Waals surface area contributed by atoms with Gasteiger partial charge in [0.15, 0.2) is 23.1 Å². The first-order valence-corrected chi connectivity index (χ1v) is 43.6. The van der Waals surface area contributed by atoms with Crippen molar-refractivity contribution < 1.29 is 57.4 Å². The zero-order valence-electron chi connectivity index (χ0n) is 68.1. The van der Waals surface area contributed by atoms with E-state index in [0.717, 1.165) is 134 Å². The lowest BCUT2D eigenvalue weighted by Crippen LogP contribution is -2.63. The molecule has 592 valence electrons. The van der Waals surface area contributed by atoms with Crippen LogP contribution in [-0.4, -0.2) is 119 Å². The molecule has 4 aliphatic heterocycles. The van der Waals surface area contributed by atoms with Crippen molar-refractivity contribution in [2.45, 2.75) is 387 Å². The van der Waals surface area contributed by atoms with E-state index < -0.39 is 23.1 Å². The van der Waals surface area contributed by atoms with Crippen LogP contribution in [0.3, 0.4) is 0 Å². The van der Waals surface area contributed by atoms with Gasteiger partial charge < -0.3 is 54.5 Å². The first-order valence-electron chi connectivity index (χ1n) is 43.6. The third-order valence-electron chi connectivity index (χ3n) is 37.5. The molecule has 16 unspecified atom stereocenters. The molecule has 17 heteroatoms. The van der Waals surface area contributed by atoms with E-state index in [9.17, 15) is 19.5 Å². The number of allylic oxidation sites excluding steroid dienone is 1. The Morgan fingerprint density at radius 2 is 0.632 bits per heavy atom. The number of Topliss-reactive ketones (excluding diaryl/α,β-unsaturated/α-hetero) is 3. The second-order valence-electron chi connectivity index (χ2n) is 43.9. The summed E-state index contributed by atoms with van der Waals surface area (Å²) in [5.74, 6) is 7.51. The molecule has 20 rings (SSSR count). The number of carbonyl (C=O) groups excluding carboxylic acids is 3. The molecule has 5 N–H and O–H groups in total. The highest BCUT2D eigenvalue weighted by atomic mass is 16.8. The number of fused-ring (bicyclic) bond motifs is 32. The summed E-state index contributed by atoms with van der Waals surface area (Å²) in [4.78, 5) is 41.3. The average Bonchev–Trinajstić information content (AvgIpc) is 1.46. The minimum Gasteiger partial charge on any atom is -0.393 e. The van der Waals surface area contributed by atoms with Gasteiger partial charge in [-0.1, -0.05) is 72.7 Å². The molecule has 106 heavy (non-hydrogen) atoms. The van der Waals surface area contributed by atoms with Crippen molar-refractivity contribution in [2.24, 2.45) is 155 Å². The van der Waals surface area contributed by atoms with Crippen molar-refractivity contribution in [2.75, 3.05) is 0 Å². The predicted molar refractivity (Wildman–Crippen MR) is 404 cm³/mol. The smallest absolute Gasteiger partial charge is 0.163 e. The molecular weight excluding hydrogens is 1330 g/mol. The third kappa shape index (κ3) is 11.4. The van der Waals surface area contributed by atoms with Gasteiger partial charge in [0.25, 0.3) is 0 Å². The van der Waals surface area contributed by atoms with Crippen LogP contribution >= 0.6 is 0 Å². The third-order valence-corrected chi connectivity index (χ3v) is 37.5. The molecule has 0 aromatic carbocycles. The van der Waals surface area contributed by atoms with Gasteiger partial charge in [0.05, 0.1) is 54.9 Å². The first kappa shape index (κ1) is 76.3. The highest BCUT2D eigenvalue weighted by Crippen LogP contribution is 2.74. The molecule has 16 aliphatic carbocycles. The molecule has 16 saturated carbocycles. The van der Waals surface area contributed by atoms with Crippen LogP contribution in [-0.2, 0) is 52.3 Å². The van der Waals surface area contributed by atoms with Gasteiger partial charge >= 0.3 is 0 Å². The molecule has 0 bridgehead atoms. The summed E-state index contributed by atoms with van der Waals surface area (Å²) in [7, 11) is 0. The Hall–Kier alpha value is -2.38. The Morgan fingerprint density at radius 1 is 0.349 bits per heavy atom. The fourth-order valence-electron chi connectivity index (χ4n) is 32.2. The van der Waals surface area contributed by atoms with Crippen LogP contribution in [0.15, 0.2) is 17.3 Å². The largest absolute Gasteiger partial charge is 0.393 e. The summed E-state index contributed by atoms with van der Waals surface area (Å²) >= 11 is 0. The quantitative estimate of drug-likeness (QED) is 0.0957. The normalized spacial score (nSPS) is 56.9. The Bertz CT molecular complexity index is 3280. The van der Waals surface area contributed by atoms with Gasteiger partial charge in [-0.15, -0.1) is 0 Å². The number of aliphatic hydroxyl groups excluding tert-OH is 1. The SMILES string of the molecule is C=C1CCC2C3C(CC[C@]12C)[C@@]1(C)CC[C@@H](N)CC1[C@H]1OC(C)(C)O[C@H]31.CC1(C)O[C@@H]2C3C(CC[C@]4(C)C(=O)CCC34)[C@@]3(C)CC[C@@H](N)CC3[C@H]2O1.CC1(C)O[C@@H]2C3C(CC[C@]4(C)C(=O)CCC34)[C@@]3(C)CC[C@@H](N=[N+]=[N-])CC3[C@H]2O1.CC1(C)O[C@@H]2C3C(CC[C@]4(C)C(=O)CCC34)[C@@]3(C)CC[C@H](O)CC3[C@H]2O1. The number of azide groups is 1. The number of nitrogens with two attached hydrogens (primary N) is 2. The Labute approximate surface area is 635 Å². The maximum absolute atomic E-state index is 12.8. The van der Waals surface area contributed by atoms with E-state index in [2.05, 4.69) is 99.7 Å². The number of hydrogen-bond acceptors (Lipinski definition) is 15. The molecule has 4 heterocycles. The number of hydrogen-bond donors (Lipinski definition) is 3. The molecule has 20 aliphatic rings. The standard InChI is InChI=1S/C23H37NO2.C22H33N3O3.C22H35NO3.C22H34O4/c1-13-6-7-15-18-16(9-11-22(13,15)4)23(5)10-8-14(24)12-17(23)19-20(18)26-21(2,3)25-19;1-20(2)27-18-15-11-12(24-25-23)7-9-21(15,3)14-8-10-22(4)13(5-6-16(22)26)17(14)19(18)28-20;2*1-20(2)25-18-15-11-12(23)7-9-21(15,3)14-8-10-22(4)13(5-6-16(22)24)17(14)19(18)26-20/h14-20H,1,6-12,24H2,2-5H3;12-15,17-19H,5-11H2,1-4H3;12-15,17-19H,5-11,23H2,1-4H3;12-15,17-19,23H,5-11H2,1-4H3/t14-,15?,16?,17?,18?,19-,20-,22-,23-;2*12-,13?,14?,15?,17?,18-,19-,21-,22+;12-,13?,14?,15?,17?,18+,19+,21+,22-/m1110/s1. The lowest BCUT2D eigenvalue weighted by Gasteiger charge is -2.63. The topological polar surface area (TPSA) is 246 Å². The second-order valence-corrected chi connectivity index (χ2v) is 43.9. The van der Waals surface area contributed by atoms with E-state index in [4.69, 9.17) is 54.9 Å². The van der Waals surface area contributed by atoms with Gasteiger partial charge in [0.2, 0.25) is 0 Å². The van der Waals surface area contributed by atoms with E-state index in [1.54, 1.807) is 0 Å². The van der Waals surface area contributed by atoms with Crippen LogP contribution in [0, 0.1) is 138 Å². The number of carbonyl (C=O) groups is 3. The maximum atomic E-state index is 12.8. The van der Waals surface area contributed by atoms with E-state index >= 15 is 0 Å². The molecule has 0 amide bonds. The summed E-state index contributed by atoms with van der Waals surface area (Å²) < 4.78 is 52.4. The van der Waals surface area contributed by atoms with E-state index in [0.29, 0.717) is 129 Å². The van der Waals surface area contributed by atoms with Gasteiger partial charge in [0.1, 0.15) is 17.3 Å². The van der Waals surface area contributed by atoms with Crippen LogP contribution in [0.4, 0.5) is 0 Å². The molecule has 20 fully saturated rings. The van der Waals surface area contributed by atoms with Gasteiger partial charge in [-0.3, -0.25) is 14.4 Å². The minimum absolute atomic E-state index is 0.0380. The monoisotopic (exact) mass is 1470 g/mol. The van der Waals surface area contributed by atoms with Gasteiger partial charge in [-0.05, 0) is 343 Å². The highest BCUT2D eigenvalue weighted by Gasteiger charge is 2.74. The Kier molecular flexibility index (Phi) is 18.4. The van der Waals surface area contributed by atoms with Crippen molar-refractivity contribution in [3.63, 3.8) is 0 Å². The van der Waals surface area contributed by atoms with Crippen molar-refractivity contribution in [3.8, 4) is 0 Å². The fourth-order valence-corrected chi connectivity index (χ4v) is 32.2. The summed E-state index contributed by atoms with van der Waals surface area (Å²) in [6.45, 7) is 40.0. The lowest BCUT2D eigenvalue weighted by molar-refractivity contribution is -0.186. The molecule has 0 aromatic rings. The van der Waals surface area contributed by atoms with Gasteiger partial charge in [0, 0.05) is 58.5 Å². The fraction of sp³-hybridized carbons (Fsp3) is 0.944. The van der Waals surface area contributed by atoms with Crippen LogP contribution in [0.1, 0.15) is 291 Å². The van der Waals surface area contributed by atoms with Crippen molar-refractivity contribution >= 4 is 17.3 Å². The minimum atomic E-state index is -0.590. The number of aliphatic hydroxyl groups is 1. The number of ketones is 3. The van der Waals surface area contributed by atoms with Crippen molar-refractivity contribution in [3.05, 3.63) is 22.6 Å². The summed E-state index contributed by atoms with van der Waals surface area (Å²) in [5.41, 5.74) is 24.2. The highest BCUT2D eigenvalue weighted by molar-refractivity contribution is 5.88. The van der Waals surface area contributed by atoms with E-state index in [-0.39, 0.29) is 93.5 Å². The van der Waals surface area contributed by atoms with E-state index in [1.807, 2.05) is 27.7 Å². The molecular formula is C89H139N5O12. The predicted octanol–water partition coefficient (Wildman–Crippen LogP) is 17.0. The number of nitrogens with zero attached hydrogens (tertiary/aromatic N) is 3. The zero-order chi connectivity index (χ0) is 75.3. The van der Waals surface area contributed by atoms with Crippen LogP contribution in [0.5, 0.6) is 0 Å². The Morgan fingerprint density at radius 3 is 0.981 bits per heavy atom. The second kappa shape index (κ2) is 25.6. The van der Waals surface area contributed by atoms with Gasteiger partial charge in [-0.25, -0.2) is 0 Å². The Balaban J connectivity index is 0.000000104. The maximum Gasteiger partial charge on any atom is 0.163 e. The molecule has 0 aromatic heterocycles. The van der Waals surface area contributed by atoms with Crippen molar-refractivity contribution in [1.82, 2.24) is 0 Å². The summed E-state index contributed by atoms with van der Waals surface area (Å²) in [5, 5.41) is 14.5.